The molecule has 0 fully saturated rings. The van der Waals surface area contributed by atoms with E-state index in [0.29, 0.717) is 13.1 Å². The molecule has 4 heteroatoms. The van der Waals surface area contributed by atoms with E-state index in [-0.39, 0.29) is 17.2 Å². The zero-order chi connectivity index (χ0) is 16.5. The number of aliphatic hydroxyl groups is 1. The van der Waals surface area contributed by atoms with Gasteiger partial charge in [0.05, 0.1) is 5.60 Å². The van der Waals surface area contributed by atoms with Crippen molar-refractivity contribution in [3.63, 3.8) is 0 Å². The molecule has 3 N–H and O–H groups in total. The molecule has 0 heterocycles. The molecule has 0 aromatic carbocycles. The quantitative estimate of drug-likeness (QED) is 0.406. The molecule has 0 aromatic rings. The molecule has 0 rings (SSSR count). The van der Waals surface area contributed by atoms with Crippen LogP contribution in [0.3, 0.4) is 0 Å². The lowest BCUT2D eigenvalue weighted by atomic mass is 9.85. The van der Waals surface area contributed by atoms with Gasteiger partial charge >= 0.3 is 0 Å². The maximum absolute atomic E-state index is 11.1. The second kappa shape index (κ2) is 9.21. The summed E-state index contributed by atoms with van der Waals surface area (Å²) in [5.74, 6) is 0.131. The number of carbonyl (C=O) groups excluding carboxylic acids is 1. The van der Waals surface area contributed by atoms with E-state index >= 15 is 0 Å². The second-order valence-electron chi connectivity index (χ2n) is 6.95. The molecule has 1 atom stereocenters. The Hall–Kier alpha value is -0.870. The third-order valence-electron chi connectivity index (χ3n) is 4.38. The van der Waals surface area contributed by atoms with Crippen molar-refractivity contribution in [3.05, 3.63) is 12.7 Å². The van der Waals surface area contributed by atoms with E-state index in [0.717, 1.165) is 25.8 Å². The Balaban J connectivity index is 3.98. The Kier molecular flexibility index (Phi) is 8.83. The summed E-state index contributed by atoms with van der Waals surface area (Å²) in [6.45, 7) is 16.1. The van der Waals surface area contributed by atoms with Gasteiger partial charge in [0.15, 0.2) is 0 Å². The third-order valence-corrected chi connectivity index (χ3v) is 4.38. The van der Waals surface area contributed by atoms with Gasteiger partial charge in [-0.15, -0.1) is 0 Å². The lowest BCUT2D eigenvalue weighted by Gasteiger charge is -2.32. The van der Waals surface area contributed by atoms with Crippen LogP contribution in [0.5, 0.6) is 0 Å². The van der Waals surface area contributed by atoms with Gasteiger partial charge in [0, 0.05) is 13.1 Å². The molecule has 21 heavy (non-hydrogen) atoms. The minimum atomic E-state index is -0.623. The molecular formula is C17H34N2O2. The largest absolute Gasteiger partial charge is 0.388 e. The van der Waals surface area contributed by atoms with Crippen molar-refractivity contribution in [2.45, 2.75) is 59.5 Å². The summed E-state index contributed by atoms with van der Waals surface area (Å²) in [4.78, 5) is 11.1. The van der Waals surface area contributed by atoms with Crippen molar-refractivity contribution in [2.24, 2.45) is 11.3 Å². The molecule has 0 aromatic heterocycles. The average Bonchev–Trinajstić information content (AvgIpc) is 2.42. The summed E-state index contributed by atoms with van der Waals surface area (Å²) in [7, 11) is 0. The van der Waals surface area contributed by atoms with Crippen LogP contribution in [0.1, 0.15) is 53.9 Å². The lowest BCUT2D eigenvalue weighted by molar-refractivity contribution is -0.116. The zero-order valence-corrected chi connectivity index (χ0v) is 14.5. The fraction of sp³-hybridized carbons (Fsp3) is 0.824. The Morgan fingerprint density at radius 2 is 1.86 bits per heavy atom. The van der Waals surface area contributed by atoms with E-state index in [9.17, 15) is 9.90 Å². The lowest BCUT2D eigenvalue weighted by Crippen LogP contribution is -2.45. The van der Waals surface area contributed by atoms with Crippen molar-refractivity contribution in [1.29, 1.82) is 0 Å². The number of carbonyl (C=O) groups is 1. The zero-order valence-electron chi connectivity index (χ0n) is 14.5. The van der Waals surface area contributed by atoms with E-state index in [2.05, 4.69) is 44.9 Å². The topological polar surface area (TPSA) is 61.4 Å². The molecule has 0 aliphatic heterocycles. The van der Waals surface area contributed by atoms with Crippen LogP contribution in [0.2, 0.25) is 0 Å². The molecule has 0 bridgehead atoms. The number of hydrogen-bond donors (Lipinski definition) is 3. The van der Waals surface area contributed by atoms with Gasteiger partial charge < -0.3 is 15.7 Å². The molecule has 0 radical (unpaired) electrons. The Labute approximate surface area is 130 Å². The highest BCUT2D eigenvalue weighted by atomic mass is 16.3. The molecular weight excluding hydrogens is 264 g/mol. The molecule has 0 saturated heterocycles. The molecule has 0 aliphatic carbocycles. The fourth-order valence-corrected chi connectivity index (χ4v) is 2.19. The Bertz CT molecular complexity index is 327. The van der Waals surface area contributed by atoms with Crippen LogP contribution in [0.4, 0.5) is 0 Å². The van der Waals surface area contributed by atoms with Gasteiger partial charge in [0.1, 0.15) is 0 Å². The molecule has 0 spiro atoms. The first-order valence-electron chi connectivity index (χ1n) is 8.00. The summed E-state index contributed by atoms with van der Waals surface area (Å²) >= 11 is 0. The minimum Gasteiger partial charge on any atom is -0.388 e. The molecule has 0 saturated carbocycles. The molecule has 1 unspecified atom stereocenters. The number of hydrogen-bond acceptors (Lipinski definition) is 3. The van der Waals surface area contributed by atoms with Crippen LogP contribution >= 0.6 is 0 Å². The van der Waals surface area contributed by atoms with Gasteiger partial charge in [-0.25, -0.2) is 0 Å². The van der Waals surface area contributed by atoms with Gasteiger partial charge in [-0.2, -0.15) is 0 Å². The summed E-state index contributed by atoms with van der Waals surface area (Å²) in [5, 5.41) is 16.6. The van der Waals surface area contributed by atoms with E-state index in [1.807, 2.05) is 6.92 Å². The van der Waals surface area contributed by atoms with Crippen LogP contribution in [0.15, 0.2) is 12.7 Å². The average molecular weight is 298 g/mol. The predicted molar refractivity (Wildman–Crippen MR) is 89.2 cm³/mol. The van der Waals surface area contributed by atoms with Crippen molar-refractivity contribution in [2.75, 3.05) is 19.6 Å². The Morgan fingerprint density at radius 3 is 2.33 bits per heavy atom. The summed E-state index contributed by atoms with van der Waals surface area (Å²) in [6.07, 6.45) is 3.99. The molecule has 1 amide bonds. The van der Waals surface area contributed by atoms with Gasteiger partial charge in [0.2, 0.25) is 5.91 Å². The number of nitrogens with one attached hydrogen (secondary N) is 2. The van der Waals surface area contributed by atoms with Crippen molar-refractivity contribution >= 4 is 5.91 Å². The fourth-order valence-electron chi connectivity index (χ4n) is 2.19. The standard InChI is InChI=1S/C17H34N2O2/c1-7-15(20)19-12-10-16(5,6)9-11-18-13-17(21,8-2)14(3)4/h7,14,18,21H,1,8-13H2,2-6H3,(H,19,20). The SMILES string of the molecule is C=CC(=O)NCCC(C)(C)CCNCC(O)(CC)C(C)C. The van der Waals surface area contributed by atoms with Gasteiger partial charge in [-0.05, 0) is 43.2 Å². The third kappa shape index (κ3) is 8.22. The summed E-state index contributed by atoms with van der Waals surface area (Å²) < 4.78 is 0. The van der Waals surface area contributed by atoms with Crippen LogP contribution in [0, 0.1) is 11.3 Å². The maximum atomic E-state index is 11.1. The number of rotatable bonds is 11. The van der Waals surface area contributed by atoms with Crippen molar-refractivity contribution in [3.8, 4) is 0 Å². The van der Waals surface area contributed by atoms with E-state index in [1.54, 1.807) is 0 Å². The Morgan fingerprint density at radius 1 is 1.29 bits per heavy atom. The van der Waals surface area contributed by atoms with Gasteiger partial charge in [0.25, 0.3) is 0 Å². The summed E-state index contributed by atoms with van der Waals surface area (Å²) in [6, 6.07) is 0. The first-order chi connectivity index (χ1) is 9.67. The predicted octanol–water partition coefficient (Wildman–Crippen LogP) is 2.48. The van der Waals surface area contributed by atoms with Crippen molar-refractivity contribution in [1.82, 2.24) is 10.6 Å². The number of amides is 1. The highest BCUT2D eigenvalue weighted by Gasteiger charge is 2.28. The highest BCUT2D eigenvalue weighted by molar-refractivity contribution is 5.86. The van der Waals surface area contributed by atoms with E-state index in [1.165, 1.54) is 6.08 Å². The second-order valence-corrected chi connectivity index (χ2v) is 6.95. The van der Waals surface area contributed by atoms with Gasteiger partial charge in [-0.1, -0.05) is 41.2 Å². The molecule has 124 valence electrons. The van der Waals surface area contributed by atoms with E-state index < -0.39 is 5.60 Å². The van der Waals surface area contributed by atoms with Crippen LogP contribution in [-0.2, 0) is 4.79 Å². The smallest absolute Gasteiger partial charge is 0.243 e. The molecule has 0 aliphatic rings. The first-order valence-corrected chi connectivity index (χ1v) is 8.00. The van der Waals surface area contributed by atoms with E-state index in [4.69, 9.17) is 0 Å². The minimum absolute atomic E-state index is 0.117. The van der Waals surface area contributed by atoms with Crippen molar-refractivity contribution < 1.29 is 9.90 Å². The summed E-state index contributed by atoms with van der Waals surface area (Å²) in [5.41, 5.74) is -0.467. The normalized spacial score (nSPS) is 14.8. The highest BCUT2D eigenvalue weighted by Crippen LogP contribution is 2.24. The van der Waals surface area contributed by atoms with Crippen LogP contribution in [-0.4, -0.2) is 36.2 Å². The maximum Gasteiger partial charge on any atom is 0.243 e. The molecule has 4 nitrogen and oxygen atoms in total. The van der Waals surface area contributed by atoms with Crippen LogP contribution < -0.4 is 10.6 Å². The monoisotopic (exact) mass is 298 g/mol. The van der Waals surface area contributed by atoms with Crippen LogP contribution in [0.25, 0.3) is 0 Å². The van der Waals surface area contributed by atoms with Gasteiger partial charge in [-0.3, -0.25) is 4.79 Å². The first kappa shape index (κ1) is 20.1.